The highest BCUT2D eigenvalue weighted by atomic mass is 15.1. The minimum atomic E-state index is 1.02. The molecule has 0 amide bonds. The monoisotopic (exact) mass is 139 g/mol. The summed E-state index contributed by atoms with van der Waals surface area (Å²) in [7, 11) is 2.06. The molecule has 1 aliphatic rings. The van der Waals surface area contributed by atoms with E-state index in [4.69, 9.17) is 0 Å². The molecule has 1 nitrogen and oxygen atoms in total. The number of likely N-dealkylation sites (N-methyl/N-ethyl adjacent to an activating group) is 1. The fourth-order valence-corrected chi connectivity index (χ4v) is 0.737. The van der Waals surface area contributed by atoms with Crippen molar-refractivity contribution in [1.82, 2.24) is 4.90 Å². The molecule has 0 spiro atoms. The van der Waals surface area contributed by atoms with Crippen LogP contribution < -0.4 is 0 Å². The Morgan fingerprint density at radius 2 is 2.00 bits per heavy atom. The molecule has 0 fully saturated rings. The van der Waals surface area contributed by atoms with Gasteiger partial charge in [0.05, 0.1) is 0 Å². The first-order chi connectivity index (χ1) is 4.80. The fraction of sp³-hybridized carbons (Fsp3) is 0.556. The van der Waals surface area contributed by atoms with E-state index in [1.807, 2.05) is 13.8 Å². The van der Waals surface area contributed by atoms with Crippen LogP contribution in [0.4, 0.5) is 0 Å². The Balaban J connectivity index is 0.000000371. The lowest BCUT2D eigenvalue weighted by Gasteiger charge is -2.21. The van der Waals surface area contributed by atoms with E-state index in [9.17, 15) is 0 Å². The molecule has 0 aliphatic carbocycles. The largest absolute Gasteiger partial charge is 0.374 e. The quantitative estimate of drug-likeness (QED) is 0.466. The van der Waals surface area contributed by atoms with Gasteiger partial charge < -0.3 is 4.90 Å². The van der Waals surface area contributed by atoms with Crippen molar-refractivity contribution in [2.45, 2.75) is 20.3 Å². The Kier molecular flexibility index (Phi) is 4.73. The normalized spacial score (nSPS) is 16.3. The van der Waals surface area contributed by atoms with Gasteiger partial charge in [-0.2, -0.15) is 0 Å². The van der Waals surface area contributed by atoms with Crippen LogP contribution in [0.2, 0.25) is 0 Å². The minimum absolute atomic E-state index is 1.02. The summed E-state index contributed by atoms with van der Waals surface area (Å²) in [5, 5.41) is 0. The maximum atomic E-state index is 3.87. The van der Waals surface area contributed by atoms with Crippen molar-refractivity contribution in [2.24, 2.45) is 0 Å². The highest BCUT2D eigenvalue weighted by Crippen LogP contribution is 2.08. The predicted molar refractivity (Wildman–Crippen MR) is 46.9 cm³/mol. The van der Waals surface area contributed by atoms with E-state index >= 15 is 0 Å². The van der Waals surface area contributed by atoms with Gasteiger partial charge in [-0.25, -0.2) is 0 Å². The van der Waals surface area contributed by atoms with Crippen molar-refractivity contribution < 1.29 is 0 Å². The smallest absolute Gasteiger partial charge is 0.0353 e. The number of hydrogen-bond acceptors (Lipinski definition) is 1. The van der Waals surface area contributed by atoms with Gasteiger partial charge >= 0.3 is 0 Å². The third-order valence-electron chi connectivity index (χ3n) is 1.44. The Morgan fingerprint density at radius 1 is 1.40 bits per heavy atom. The Labute approximate surface area is 64.0 Å². The van der Waals surface area contributed by atoms with Crippen LogP contribution in [0.5, 0.6) is 0 Å². The molecular weight excluding hydrogens is 122 g/mol. The van der Waals surface area contributed by atoms with Crippen LogP contribution in [0.15, 0.2) is 24.4 Å². The Hall–Kier alpha value is -0.720. The first-order valence-corrected chi connectivity index (χ1v) is 3.84. The molecule has 1 aliphatic heterocycles. The summed E-state index contributed by atoms with van der Waals surface area (Å²) in [6.07, 6.45) is 5.34. The summed E-state index contributed by atoms with van der Waals surface area (Å²) in [4.78, 5) is 2.15. The summed E-state index contributed by atoms with van der Waals surface area (Å²) in [5.41, 5.74) is 1.22. The molecule has 1 rings (SSSR count). The minimum Gasteiger partial charge on any atom is -0.374 e. The molecule has 0 radical (unpaired) electrons. The number of nitrogens with zero attached hydrogens (tertiary/aromatic N) is 1. The van der Waals surface area contributed by atoms with Crippen molar-refractivity contribution in [3.63, 3.8) is 0 Å². The van der Waals surface area contributed by atoms with Crippen molar-refractivity contribution in [3.05, 3.63) is 24.4 Å². The summed E-state index contributed by atoms with van der Waals surface area (Å²) in [5.74, 6) is 0. The molecule has 0 unspecified atom stereocenters. The zero-order chi connectivity index (χ0) is 7.98. The number of allylic oxidation sites excluding steroid dienone is 1. The average molecular weight is 139 g/mol. The molecule has 0 aromatic heterocycles. The molecule has 0 N–H and O–H groups in total. The Morgan fingerprint density at radius 3 is 2.30 bits per heavy atom. The second kappa shape index (κ2) is 5.10. The summed E-state index contributed by atoms with van der Waals surface area (Å²) in [6, 6.07) is 0. The molecule has 0 aromatic rings. The summed E-state index contributed by atoms with van der Waals surface area (Å²) in [6.45, 7) is 8.90. The first-order valence-electron chi connectivity index (χ1n) is 3.84. The van der Waals surface area contributed by atoms with E-state index < -0.39 is 0 Å². The van der Waals surface area contributed by atoms with Crippen molar-refractivity contribution in [3.8, 4) is 0 Å². The lowest BCUT2D eigenvalue weighted by Crippen LogP contribution is -2.18. The third-order valence-corrected chi connectivity index (χ3v) is 1.44. The number of rotatable bonds is 0. The van der Waals surface area contributed by atoms with E-state index in [2.05, 4.69) is 30.7 Å². The van der Waals surface area contributed by atoms with Crippen LogP contribution in [-0.2, 0) is 0 Å². The SMILES string of the molecule is C=C1CC=CCN1C.CC. The van der Waals surface area contributed by atoms with Crippen molar-refractivity contribution in [2.75, 3.05) is 13.6 Å². The van der Waals surface area contributed by atoms with Crippen molar-refractivity contribution >= 4 is 0 Å². The lowest BCUT2D eigenvalue weighted by atomic mass is 10.2. The van der Waals surface area contributed by atoms with Gasteiger partial charge in [-0.3, -0.25) is 0 Å². The molecule has 1 heteroatoms. The molecule has 10 heavy (non-hydrogen) atoms. The maximum absolute atomic E-state index is 3.87. The summed E-state index contributed by atoms with van der Waals surface area (Å²) >= 11 is 0. The van der Waals surface area contributed by atoms with Gasteiger partial charge in [-0.15, -0.1) is 0 Å². The molecule has 0 saturated heterocycles. The van der Waals surface area contributed by atoms with E-state index in [1.54, 1.807) is 0 Å². The van der Waals surface area contributed by atoms with E-state index in [0.717, 1.165) is 13.0 Å². The zero-order valence-corrected chi connectivity index (χ0v) is 7.22. The van der Waals surface area contributed by atoms with Gasteiger partial charge in [0, 0.05) is 25.7 Å². The van der Waals surface area contributed by atoms with E-state index in [-0.39, 0.29) is 0 Å². The van der Waals surface area contributed by atoms with Gasteiger partial charge in [0.2, 0.25) is 0 Å². The molecule has 0 atom stereocenters. The van der Waals surface area contributed by atoms with Crippen LogP contribution >= 0.6 is 0 Å². The molecule has 1 heterocycles. The standard InChI is InChI=1S/C7H11N.C2H6/c1-7-5-3-4-6-8(7)2;1-2/h3-4H,1,5-6H2,2H3;1-2H3. The summed E-state index contributed by atoms with van der Waals surface area (Å²) < 4.78 is 0. The third kappa shape index (κ3) is 2.72. The molecular formula is C9H17N. The molecule has 58 valence electrons. The fourth-order valence-electron chi connectivity index (χ4n) is 0.737. The van der Waals surface area contributed by atoms with Crippen LogP contribution in [0, 0.1) is 0 Å². The molecule has 0 aromatic carbocycles. The maximum Gasteiger partial charge on any atom is 0.0353 e. The van der Waals surface area contributed by atoms with E-state index in [1.165, 1.54) is 5.70 Å². The zero-order valence-electron chi connectivity index (χ0n) is 7.22. The highest BCUT2D eigenvalue weighted by molar-refractivity contribution is 5.07. The van der Waals surface area contributed by atoms with Gasteiger partial charge in [-0.05, 0) is 0 Å². The van der Waals surface area contributed by atoms with Gasteiger partial charge in [0.1, 0.15) is 0 Å². The molecule has 0 saturated carbocycles. The Bertz CT molecular complexity index is 125. The highest BCUT2D eigenvalue weighted by Gasteiger charge is 2.00. The second-order valence-corrected chi connectivity index (χ2v) is 2.12. The topological polar surface area (TPSA) is 3.24 Å². The van der Waals surface area contributed by atoms with Crippen LogP contribution in [0.3, 0.4) is 0 Å². The number of hydrogen-bond donors (Lipinski definition) is 0. The van der Waals surface area contributed by atoms with Crippen LogP contribution in [0.25, 0.3) is 0 Å². The average Bonchev–Trinajstić information content (AvgIpc) is 2.00. The van der Waals surface area contributed by atoms with E-state index in [0.29, 0.717) is 0 Å². The lowest BCUT2D eigenvalue weighted by molar-refractivity contribution is 0.445. The van der Waals surface area contributed by atoms with Gasteiger partial charge in [0.25, 0.3) is 0 Å². The molecule has 0 bridgehead atoms. The second-order valence-electron chi connectivity index (χ2n) is 2.12. The van der Waals surface area contributed by atoms with Gasteiger partial charge in [-0.1, -0.05) is 32.6 Å². The van der Waals surface area contributed by atoms with Gasteiger partial charge in [0.15, 0.2) is 0 Å². The van der Waals surface area contributed by atoms with Crippen LogP contribution in [0.1, 0.15) is 20.3 Å². The van der Waals surface area contributed by atoms with Crippen LogP contribution in [-0.4, -0.2) is 18.5 Å². The first kappa shape index (κ1) is 9.28. The van der Waals surface area contributed by atoms with Crippen molar-refractivity contribution in [1.29, 1.82) is 0 Å². The predicted octanol–water partition coefficient (Wildman–Crippen LogP) is 2.42.